The summed E-state index contributed by atoms with van der Waals surface area (Å²) in [6.45, 7) is 10.8. The summed E-state index contributed by atoms with van der Waals surface area (Å²) in [5.74, 6) is 0. The molecule has 2 aliphatic rings. The molecule has 1 aromatic rings. The maximum absolute atomic E-state index is 12.2. The summed E-state index contributed by atoms with van der Waals surface area (Å²) in [6.07, 6.45) is 0.660. The highest BCUT2D eigenvalue weighted by Gasteiger charge is 2.30. The SMILES string of the molecule is Cc1nc2c(c3c1CN(C(=O)OC(C)(C)C)CC3)CNC2. The number of fused-ring (bicyclic) bond motifs is 3. The maximum Gasteiger partial charge on any atom is 0.410 e. The van der Waals surface area contributed by atoms with Gasteiger partial charge in [0.2, 0.25) is 0 Å². The topological polar surface area (TPSA) is 54.5 Å². The first-order valence-electron chi connectivity index (χ1n) is 7.54. The van der Waals surface area contributed by atoms with Crippen molar-refractivity contribution in [3.63, 3.8) is 0 Å². The van der Waals surface area contributed by atoms with Crippen LogP contribution in [-0.4, -0.2) is 28.1 Å². The summed E-state index contributed by atoms with van der Waals surface area (Å²) < 4.78 is 5.48. The Morgan fingerprint density at radius 2 is 2.00 bits per heavy atom. The molecule has 0 aromatic carbocycles. The van der Waals surface area contributed by atoms with Crippen molar-refractivity contribution in [2.45, 2.75) is 59.4 Å². The first-order valence-corrected chi connectivity index (χ1v) is 7.54. The molecule has 0 fully saturated rings. The van der Waals surface area contributed by atoms with E-state index in [4.69, 9.17) is 9.72 Å². The molecule has 1 N–H and O–H groups in total. The van der Waals surface area contributed by atoms with Crippen molar-refractivity contribution in [3.05, 3.63) is 28.1 Å². The molecule has 2 aliphatic heterocycles. The summed E-state index contributed by atoms with van der Waals surface area (Å²) in [5, 5.41) is 3.36. The van der Waals surface area contributed by atoms with Crippen LogP contribution in [0.1, 0.15) is 48.8 Å². The van der Waals surface area contributed by atoms with Crippen LogP contribution in [0, 0.1) is 6.92 Å². The molecule has 0 unspecified atom stereocenters. The fourth-order valence-corrected chi connectivity index (χ4v) is 3.08. The number of hydrogen-bond donors (Lipinski definition) is 1. The number of nitrogens with zero attached hydrogens (tertiary/aromatic N) is 2. The van der Waals surface area contributed by atoms with Gasteiger partial charge >= 0.3 is 6.09 Å². The van der Waals surface area contributed by atoms with E-state index >= 15 is 0 Å². The average Bonchev–Trinajstić information content (AvgIpc) is 2.84. The maximum atomic E-state index is 12.2. The minimum Gasteiger partial charge on any atom is -0.444 e. The number of ether oxygens (including phenoxy) is 1. The molecular weight excluding hydrogens is 266 g/mol. The second-order valence-electron chi connectivity index (χ2n) is 6.84. The zero-order valence-electron chi connectivity index (χ0n) is 13.2. The first-order chi connectivity index (χ1) is 9.85. The smallest absolute Gasteiger partial charge is 0.410 e. The van der Waals surface area contributed by atoms with Gasteiger partial charge in [0.15, 0.2) is 0 Å². The van der Waals surface area contributed by atoms with Crippen LogP contribution in [0.5, 0.6) is 0 Å². The number of aromatic nitrogens is 1. The molecule has 1 aromatic heterocycles. The fraction of sp³-hybridized carbons (Fsp3) is 0.625. The van der Waals surface area contributed by atoms with Gasteiger partial charge in [0.1, 0.15) is 5.60 Å². The number of hydrogen-bond acceptors (Lipinski definition) is 4. The van der Waals surface area contributed by atoms with Crippen LogP contribution in [0.25, 0.3) is 0 Å². The normalized spacial score (nSPS) is 17.4. The van der Waals surface area contributed by atoms with Crippen molar-refractivity contribution in [2.75, 3.05) is 6.54 Å². The third-order valence-corrected chi connectivity index (χ3v) is 4.04. The molecule has 0 bridgehead atoms. The number of nitrogens with one attached hydrogen (secondary N) is 1. The molecular formula is C16H23N3O2. The van der Waals surface area contributed by atoms with Crippen molar-refractivity contribution in [1.82, 2.24) is 15.2 Å². The minimum atomic E-state index is -0.452. The van der Waals surface area contributed by atoms with Crippen molar-refractivity contribution in [3.8, 4) is 0 Å². The summed E-state index contributed by atoms with van der Waals surface area (Å²) in [6, 6.07) is 0. The highest BCUT2D eigenvalue weighted by Crippen LogP contribution is 2.29. The predicted molar refractivity (Wildman–Crippen MR) is 79.9 cm³/mol. The van der Waals surface area contributed by atoms with Crippen LogP contribution in [0.3, 0.4) is 0 Å². The van der Waals surface area contributed by atoms with Crippen molar-refractivity contribution in [2.24, 2.45) is 0 Å². The molecule has 0 radical (unpaired) electrons. The van der Waals surface area contributed by atoms with Gasteiger partial charge in [0.25, 0.3) is 0 Å². The van der Waals surface area contributed by atoms with Crippen LogP contribution in [-0.2, 0) is 30.8 Å². The lowest BCUT2D eigenvalue weighted by Crippen LogP contribution is -2.40. The number of amides is 1. The minimum absolute atomic E-state index is 0.230. The molecule has 0 saturated carbocycles. The predicted octanol–water partition coefficient (Wildman–Crippen LogP) is 2.29. The second kappa shape index (κ2) is 4.98. The summed E-state index contributed by atoms with van der Waals surface area (Å²) in [4.78, 5) is 18.7. The van der Waals surface area contributed by atoms with Crippen LogP contribution < -0.4 is 5.32 Å². The number of carbonyl (C=O) groups is 1. The Labute approximate surface area is 125 Å². The molecule has 114 valence electrons. The Bertz CT molecular complexity index is 590. The lowest BCUT2D eigenvalue weighted by Gasteiger charge is -2.32. The van der Waals surface area contributed by atoms with E-state index in [0.29, 0.717) is 6.54 Å². The third-order valence-electron chi connectivity index (χ3n) is 4.04. The van der Waals surface area contributed by atoms with Gasteiger partial charge in [0, 0.05) is 25.3 Å². The van der Waals surface area contributed by atoms with Gasteiger partial charge in [-0.3, -0.25) is 4.98 Å². The van der Waals surface area contributed by atoms with Gasteiger partial charge in [-0.1, -0.05) is 0 Å². The Morgan fingerprint density at radius 1 is 1.24 bits per heavy atom. The van der Waals surface area contributed by atoms with Gasteiger partial charge in [-0.25, -0.2) is 4.79 Å². The fourth-order valence-electron chi connectivity index (χ4n) is 3.08. The molecule has 0 spiro atoms. The van der Waals surface area contributed by atoms with E-state index in [2.05, 4.69) is 5.32 Å². The lowest BCUT2D eigenvalue weighted by atomic mass is 9.93. The highest BCUT2D eigenvalue weighted by atomic mass is 16.6. The number of aryl methyl sites for hydroxylation is 1. The largest absolute Gasteiger partial charge is 0.444 e. The van der Waals surface area contributed by atoms with Crippen LogP contribution in [0.15, 0.2) is 0 Å². The molecule has 1 amide bonds. The van der Waals surface area contributed by atoms with Crippen LogP contribution >= 0.6 is 0 Å². The quantitative estimate of drug-likeness (QED) is 0.796. The van der Waals surface area contributed by atoms with E-state index < -0.39 is 5.60 Å². The standard InChI is InChI=1S/C16H23N3O2/c1-10-13-9-19(15(20)21-16(2,3)4)6-5-11(13)12-7-17-8-14(12)18-10/h17H,5-9H2,1-4H3. The summed E-state index contributed by atoms with van der Waals surface area (Å²) in [5.41, 5.74) is 5.71. The Morgan fingerprint density at radius 3 is 2.71 bits per heavy atom. The van der Waals surface area contributed by atoms with Gasteiger partial charge in [0.05, 0.1) is 12.2 Å². The van der Waals surface area contributed by atoms with E-state index in [1.165, 1.54) is 22.4 Å². The van der Waals surface area contributed by atoms with Crippen LogP contribution in [0.4, 0.5) is 4.79 Å². The zero-order chi connectivity index (χ0) is 15.2. The van der Waals surface area contributed by atoms with Gasteiger partial charge < -0.3 is 15.0 Å². The molecule has 0 aliphatic carbocycles. The molecule has 0 atom stereocenters. The van der Waals surface area contributed by atoms with E-state index in [1.807, 2.05) is 27.7 Å². The molecule has 5 heteroatoms. The highest BCUT2D eigenvalue weighted by molar-refractivity contribution is 5.69. The van der Waals surface area contributed by atoms with Gasteiger partial charge in [-0.15, -0.1) is 0 Å². The number of rotatable bonds is 0. The number of pyridine rings is 1. The summed E-state index contributed by atoms with van der Waals surface area (Å²) >= 11 is 0. The van der Waals surface area contributed by atoms with Crippen molar-refractivity contribution < 1.29 is 9.53 Å². The Balaban J connectivity index is 1.85. The second-order valence-corrected chi connectivity index (χ2v) is 6.84. The molecule has 3 rings (SSSR count). The Hall–Kier alpha value is -1.62. The molecule has 0 saturated heterocycles. The summed E-state index contributed by atoms with van der Waals surface area (Å²) in [7, 11) is 0. The first kappa shape index (κ1) is 14.3. The number of carbonyl (C=O) groups excluding carboxylic acids is 1. The zero-order valence-corrected chi connectivity index (χ0v) is 13.2. The van der Waals surface area contributed by atoms with E-state index in [9.17, 15) is 4.79 Å². The van der Waals surface area contributed by atoms with Crippen molar-refractivity contribution >= 4 is 6.09 Å². The van der Waals surface area contributed by atoms with Gasteiger partial charge in [-0.2, -0.15) is 0 Å². The average molecular weight is 289 g/mol. The van der Waals surface area contributed by atoms with E-state index in [0.717, 1.165) is 31.7 Å². The molecule has 21 heavy (non-hydrogen) atoms. The Kier molecular flexibility index (Phi) is 3.40. The molecule has 5 nitrogen and oxygen atoms in total. The van der Waals surface area contributed by atoms with Crippen LogP contribution in [0.2, 0.25) is 0 Å². The monoisotopic (exact) mass is 289 g/mol. The van der Waals surface area contributed by atoms with Crippen molar-refractivity contribution in [1.29, 1.82) is 0 Å². The third kappa shape index (κ3) is 2.75. The van der Waals surface area contributed by atoms with E-state index in [1.54, 1.807) is 4.90 Å². The molecule has 3 heterocycles. The van der Waals surface area contributed by atoms with E-state index in [-0.39, 0.29) is 6.09 Å². The van der Waals surface area contributed by atoms with Gasteiger partial charge in [-0.05, 0) is 50.8 Å². The lowest BCUT2D eigenvalue weighted by molar-refractivity contribution is 0.0223.